The molecule has 0 radical (unpaired) electrons. The van der Waals surface area contributed by atoms with Crippen LogP contribution in [0, 0.1) is 6.92 Å². The molecule has 140 valence electrons. The number of carbonyl (C=O) groups excluding carboxylic acids is 1. The second-order valence-corrected chi connectivity index (χ2v) is 6.03. The monoisotopic (exact) mass is 355 g/mol. The minimum absolute atomic E-state index is 0.0717. The van der Waals surface area contributed by atoms with Gasteiger partial charge in [-0.3, -0.25) is 4.79 Å². The van der Waals surface area contributed by atoms with Gasteiger partial charge in [-0.1, -0.05) is 0 Å². The molecule has 2 rings (SSSR count). The molecule has 2 N–H and O–H groups in total. The van der Waals surface area contributed by atoms with E-state index < -0.39 is 0 Å². The van der Waals surface area contributed by atoms with Crippen LogP contribution in [0.2, 0.25) is 0 Å². The van der Waals surface area contributed by atoms with Crippen LogP contribution in [0.3, 0.4) is 0 Å². The van der Waals surface area contributed by atoms with E-state index in [0.717, 1.165) is 35.8 Å². The molecule has 1 amide bonds. The molecule has 0 spiro atoms. The van der Waals surface area contributed by atoms with Crippen LogP contribution in [0.25, 0.3) is 0 Å². The Hall–Kier alpha value is -2.69. The Morgan fingerprint density at radius 2 is 1.73 bits per heavy atom. The molecule has 0 aromatic heterocycles. The number of rotatable bonds is 9. The predicted octanol–water partition coefficient (Wildman–Crippen LogP) is 4.29. The van der Waals surface area contributed by atoms with Crippen molar-refractivity contribution in [3.05, 3.63) is 48.0 Å². The smallest absolute Gasteiger partial charge is 0.243 e. The van der Waals surface area contributed by atoms with E-state index >= 15 is 0 Å². The minimum atomic E-state index is -0.0717. The number of nitrogens with zero attached hydrogens (tertiary/aromatic N) is 1. The van der Waals surface area contributed by atoms with E-state index in [4.69, 9.17) is 4.74 Å². The van der Waals surface area contributed by atoms with E-state index in [-0.39, 0.29) is 12.5 Å². The highest BCUT2D eigenvalue weighted by molar-refractivity contribution is 5.94. The average Bonchev–Trinajstić information content (AvgIpc) is 2.64. The maximum Gasteiger partial charge on any atom is 0.243 e. The third kappa shape index (κ3) is 5.41. The highest BCUT2D eigenvalue weighted by Crippen LogP contribution is 2.22. The van der Waals surface area contributed by atoms with Crippen molar-refractivity contribution in [2.45, 2.75) is 27.7 Å². The standard InChI is InChI=1S/C21H29N3O2/c1-5-24(6-2)18-10-13-20(16(4)14-18)23-21(25)15-22-17-8-11-19(12-9-17)26-7-3/h8-14,22H,5-7,15H2,1-4H3,(H,23,25). The Balaban J connectivity index is 1.91. The fraction of sp³-hybridized carbons (Fsp3) is 0.381. The van der Waals surface area contributed by atoms with E-state index in [2.05, 4.69) is 41.5 Å². The van der Waals surface area contributed by atoms with Crippen molar-refractivity contribution >= 4 is 23.0 Å². The van der Waals surface area contributed by atoms with Gasteiger partial charge in [0.25, 0.3) is 0 Å². The van der Waals surface area contributed by atoms with Gasteiger partial charge in [-0.05, 0) is 75.7 Å². The summed E-state index contributed by atoms with van der Waals surface area (Å²) in [6, 6.07) is 13.7. The first-order valence-corrected chi connectivity index (χ1v) is 9.19. The molecule has 5 heteroatoms. The van der Waals surface area contributed by atoms with Gasteiger partial charge < -0.3 is 20.3 Å². The van der Waals surface area contributed by atoms with Crippen molar-refractivity contribution in [2.24, 2.45) is 0 Å². The molecule has 0 aliphatic rings. The lowest BCUT2D eigenvalue weighted by Gasteiger charge is -2.22. The number of benzene rings is 2. The lowest BCUT2D eigenvalue weighted by atomic mass is 10.1. The fourth-order valence-corrected chi connectivity index (χ4v) is 2.79. The molecule has 0 heterocycles. The number of hydrogen-bond acceptors (Lipinski definition) is 4. The zero-order valence-electron chi connectivity index (χ0n) is 16.1. The van der Waals surface area contributed by atoms with Gasteiger partial charge in [-0.25, -0.2) is 0 Å². The summed E-state index contributed by atoms with van der Waals surface area (Å²) in [6.45, 7) is 11.0. The second-order valence-electron chi connectivity index (χ2n) is 6.03. The molecule has 0 aliphatic carbocycles. The number of ether oxygens (including phenoxy) is 1. The van der Waals surface area contributed by atoms with Gasteiger partial charge in [0.15, 0.2) is 0 Å². The average molecular weight is 355 g/mol. The van der Waals surface area contributed by atoms with E-state index in [0.29, 0.717) is 6.61 Å². The van der Waals surface area contributed by atoms with Crippen LogP contribution < -0.4 is 20.3 Å². The van der Waals surface area contributed by atoms with E-state index in [1.54, 1.807) is 0 Å². The number of aryl methyl sites for hydroxylation is 1. The SMILES string of the molecule is CCOc1ccc(NCC(=O)Nc2ccc(N(CC)CC)cc2C)cc1. The molecule has 0 saturated heterocycles. The van der Waals surface area contributed by atoms with Crippen molar-refractivity contribution in [1.29, 1.82) is 0 Å². The summed E-state index contributed by atoms with van der Waals surface area (Å²) < 4.78 is 5.41. The Morgan fingerprint density at radius 3 is 2.31 bits per heavy atom. The Morgan fingerprint density at radius 1 is 1.04 bits per heavy atom. The van der Waals surface area contributed by atoms with Crippen molar-refractivity contribution in [2.75, 3.05) is 41.8 Å². The molecule has 2 aromatic rings. The molecule has 0 fully saturated rings. The number of hydrogen-bond donors (Lipinski definition) is 2. The lowest BCUT2D eigenvalue weighted by molar-refractivity contribution is -0.114. The van der Waals surface area contributed by atoms with Gasteiger partial charge in [-0.2, -0.15) is 0 Å². The molecule has 26 heavy (non-hydrogen) atoms. The summed E-state index contributed by atoms with van der Waals surface area (Å²) in [5.41, 5.74) is 3.97. The Bertz CT molecular complexity index is 710. The first-order valence-electron chi connectivity index (χ1n) is 9.19. The summed E-state index contributed by atoms with van der Waals surface area (Å²) in [4.78, 5) is 14.5. The molecular formula is C21H29N3O2. The number of anilines is 3. The van der Waals surface area contributed by atoms with Crippen LogP contribution in [0.5, 0.6) is 5.75 Å². The topological polar surface area (TPSA) is 53.6 Å². The first-order chi connectivity index (χ1) is 12.6. The zero-order valence-corrected chi connectivity index (χ0v) is 16.1. The van der Waals surface area contributed by atoms with Crippen molar-refractivity contribution in [3.63, 3.8) is 0 Å². The van der Waals surface area contributed by atoms with Crippen LogP contribution in [0.15, 0.2) is 42.5 Å². The molecular weight excluding hydrogens is 326 g/mol. The maximum absolute atomic E-state index is 12.2. The summed E-state index contributed by atoms with van der Waals surface area (Å²) in [7, 11) is 0. The summed E-state index contributed by atoms with van der Waals surface area (Å²) in [5.74, 6) is 0.754. The van der Waals surface area contributed by atoms with E-state index in [9.17, 15) is 4.79 Å². The fourth-order valence-electron chi connectivity index (χ4n) is 2.79. The van der Waals surface area contributed by atoms with Crippen LogP contribution in [-0.2, 0) is 4.79 Å². The maximum atomic E-state index is 12.2. The van der Waals surface area contributed by atoms with Crippen LogP contribution in [0.1, 0.15) is 26.3 Å². The molecule has 2 aromatic carbocycles. The van der Waals surface area contributed by atoms with Crippen molar-refractivity contribution < 1.29 is 9.53 Å². The number of carbonyl (C=O) groups is 1. The zero-order chi connectivity index (χ0) is 18.9. The minimum Gasteiger partial charge on any atom is -0.494 e. The third-order valence-corrected chi connectivity index (χ3v) is 4.23. The molecule has 0 bridgehead atoms. The molecule has 5 nitrogen and oxygen atoms in total. The largest absolute Gasteiger partial charge is 0.494 e. The molecule has 0 atom stereocenters. The van der Waals surface area contributed by atoms with Gasteiger partial charge in [0, 0.05) is 30.2 Å². The van der Waals surface area contributed by atoms with Gasteiger partial charge in [0.1, 0.15) is 5.75 Å². The van der Waals surface area contributed by atoms with Gasteiger partial charge in [-0.15, -0.1) is 0 Å². The highest BCUT2D eigenvalue weighted by atomic mass is 16.5. The Labute approximate surface area is 156 Å². The van der Waals surface area contributed by atoms with E-state index in [1.165, 1.54) is 5.69 Å². The summed E-state index contributed by atoms with van der Waals surface area (Å²) >= 11 is 0. The second kappa shape index (κ2) is 9.70. The van der Waals surface area contributed by atoms with Crippen LogP contribution >= 0.6 is 0 Å². The molecule has 0 aliphatic heterocycles. The summed E-state index contributed by atoms with van der Waals surface area (Å²) in [5, 5.41) is 6.10. The lowest BCUT2D eigenvalue weighted by Crippen LogP contribution is -2.23. The van der Waals surface area contributed by atoms with Crippen LogP contribution in [0.4, 0.5) is 17.1 Å². The number of amides is 1. The molecule has 0 saturated carbocycles. The molecule has 0 unspecified atom stereocenters. The predicted molar refractivity (Wildman–Crippen MR) is 109 cm³/mol. The number of nitrogens with one attached hydrogen (secondary N) is 2. The van der Waals surface area contributed by atoms with Crippen molar-refractivity contribution in [1.82, 2.24) is 0 Å². The van der Waals surface area contributed by atoms with Gasteiger partial charge in [0.2, 0.25) is 5.91 Å². The quantitative estimate of drug-likeness (QED) is 0.704. The van der Waals surface area contributed by atoms with Crippen molar-refractivity contribution in [3.8, 4) is 5.75 Å². The Kier molecular flexibility index (Phi) is 7.33. The normalized spacial score (nSPS) is 10.3. The first kappa shape index (κ1) is 19.6. The van der Waals surface area contributed by atoms with Crippen LogP contribution in [-0.4, -0.2) is 32.1 Å². The van der Waals surface area contributed by atoms with Gasteiger partial charge >= 0.3 is 0 Å². The van der Waals surface area contributed by atoms with Gasteiger partial charge in [0.05, 0.1) is 13.2 Å². The highest BCUT2D eigenvalue weighted by Gasteiger charge is 2.08. The summed E-state index contributed by atoms with van der Waals surface area (Å²) in [6.07, 6.45) is 0. The third-order valence-electron chi connectivity index (χ3n) is 4.23. The van der Waals surface area contributed by atoms with E-state index in [1.807, 2.05) is 44.2 Å².